The minimum atomic E-state index is -3.14. The van der Waals surface area contributed by atoms with E-state index in [1.54, 1.807) is 18.2 Å². The molecule has 0 spiro atoms. The van der Waals surface area contributed by atoms with Crippen LogP contribution in [0.3, 0.4) is 0 Å². The highest BCUT2D eigenvalue weighted by molar-refractivity contribution is 5.99. The Hall–Kier alpha value is -3.62. The summed E-state index contributed by atoms with van der Waals surface area (Å²) in [7, 11) is 0. The number of alkyl halides is 2. The summed E-state index contributed by atoms with van der Waals surface area (Å²) in [5.41, 5.74) is 0.892. The van der Waals surface area contributed by atoms with Gasteiger partial charge in [0.25, 0.3) is 11.8 Å². The first-order chi connectivity index (χ1) is 14.9. The van der Waals surface area contributed by atoms with Crippen LogP contribution in [0.4, 0.5) is 13.2 Å². The van der Waals surface area contributed by atoms with Gasteiger partial charge in [-0.25, -0.2) is 23.1 Å². The number of piperidine rings is 1. The van der Waals surface area contributed by atoms with Gasteiger partial charge in [-0.1, -0.05) is 18.2 Å². The smallest absolute Gasteiger partial charge is 0.287 e. The Kier molecular flexibility index (Phi) is 4.53. The fourth-order valence-corrected chi connectivity index (χ4v) is 3.76. The van der Waals surface area contributed by atoms with E-state index < -0.39 is 30.2 Å². The number of benzene rings is 1. The number of pyridine rings is 2. The predicted molar refractivity (Wildman–Crippen MR) is 107 cm³/mol. The molecule has 1 aliphatic heterocycles. The average Bonchev–Trinajstić information content (AvgIpc) is 3.22. The molecule has 1 fully saturated rings. The number of imidazole rings is 1. The predicted octanol–water partition coefficient (Wildman–Crippen LogP) is 3.95. The van der Waals surface area contributed by atoms with Crippen molar-refractivity contribution in [1.29, 1.82) is 0 Å². The fraction of sp³-hybridized carbons (Fsp3) is 0.227. The monoisotopic (exact) mass is 426 g/mol. The van der Waals surface area contributed by atoms with Gasteiger partial charge in [0.15, 0.2) is 6.10 Å². The maximum Gasteiger partial charge on any atom is 0.287 e. The molecule has 0 bridgehead atoms. The molecule has 0 unspecified atom stereocenters. The van der Waals surface area contributed by atoms with Gasteiger partial charge in [-0.05, 0) is 18.2 Å². The van der Waals surface area contributed by atoms with Gasteiger partial charge in [0.05, 0.1) is 17.6 Å². The fourth-order valence-electron chi connectivity index (χ4n) is 3.76. The van der Waals surface area contributed by atoms with Gasteiger partial charge >= 0.3 is 0 Å². The van der Waals surface area contributed by atoms with E-state index in [9.17, 15) is 18.0 Å². The van der Waals surface area contributed by atoms with Crippen LogP contribution in [-0.2, 0) is 0 Å². The largest absolute Gasteiger partial charge is 0.466 e. The zero-order valence-electron chi connectivity index (χ0n) is 16.2. The lowest BCUT2D eigenvalue weighted by Gasteiger charge is -2.38. The van der Waals surface area contributed by atoms with E-state index in [0.29, 0.717) is 5.52 Å². The zero-order valence-corrected chi connectivity index (χ0v) is 16.2. The van der Waals surface area contributed by atoms with Gasteiger partial charge in [-0.2, -0.15) is 0 Å². The van der Waals surface area contributed by atoms with Crippen LogP contribution in [0.5, 0.6) is 5.88 Å². The number of amides is 1. The topological polar surface area (TPSA) is 59.7 Å². The van der Waals surface area contributed by atoms with Crippen LogP contribution in [-0.4, -0.2) is 50.3 Å². The lowest BCUT2D eigenvalue weighted by molar-refractivity contribution is -0.131. The van der Waals surface area contributed by atoms with E-state index in [4.69, 9.17) is 4.74 Å². The van der Waals surface area contributed by atoms with Crippen LogP contribution in [0, 0.1) is 5.82 Å². The first-order valence-electron chi connectivity index (χ1n) is 9.72. The Labute approximate surface area is 174 Å². The van der Waals surface area contributed by atoms with Crippen molar-refractivity contribution in [2.45, 2.75) is 18.4 Å². The highest BCUT2D eigenvalue weighted by Gasteiger charge is 2.47. The molecule has 0 radical (unpaired) electrons. The van der Waals surface area contributed by atoms with Crippen LogP contribution in [0.15, 0.2) is 61.1 Å². The van der Waals surface area contributed by atoms with Gasteiger partial charge < -0.3 is 14.0 Å². The molecule has 0 saturated carbocycles. The summed E-state index contributed by atoms with van der Waals surface area (Å²) < 4.78 is 50.1. The zero-order chi connectivity index (χ0) is 21.6. The van der Waals surface area contributed by atoms with Gasteiger partial charge in [-0.15, -0.1) is 0 Å². The van der Waals surface area contributed by atoms with Crippen LogP contribution in [0.2, 0.25) is 0 Å². The number of fused-ring (bicyclic) bond motifs is 2. The number of ether oxygens (including phenoxy) is 1. The Balaban J connectivity index is 1.41. The third-order valence-electron chi connectivity index (χ3n) is 5.38. The molecule has 9 heteroatoms. The standard InChI is InChI=1S/C22H17F3N4O2/c23-15-11-16(20-26-8-10-28(20)12-15)21(30)29-9-7-22(24,25)18(13-29)31-19-6-5-14-3-1-2-4-17(14)27-19/h1-6,8,10-12,18H,7,9,13H2/t18-/m0/s1. The molecule has 0 N–H and O–H groups in total. The number of likely N-dealkylation sites (tertiary alicyclic amines) is 1. The number of aromatic nitrogens is 3. The third-order valence-corrected chi connectivity index (χ3v) is 5.38. The number of halogens is 3. The van der Waals surface area contributed by atoms with E-state index in [2.05, 4.69) is 9.97 Å². The van der Waals surface area contributed by atoms with Gasteiger partial charge in [0.2, 0.25) is 5.88 Å². The second kappa shape index (κ2) is 7.26. The molecule has 4 heterocycles. The summed E-state index contributed by atoms with van der Waals surface area (Å²) in [5.74, 6) is -4.29. The summed E-state index contributed by atoms with van der Waals surface area (Å²) in [6.07, 6.45) is 1.99. The molecule has 3 aromatic heterocycles. The number of hydrogen-bond acceptors (Lipinski definition) is 4. The van der Waals surface area contributed by atoms with E-state index in [-0.39, 0.29) is 30.2 Å². The first kappa shape index (κ1) is 19.3. The summed E-state index contributed by atoms with van der Waals surface area (Å²) in [6.45, 7) is -0.538. The van der Waals surface area contributed by atoms with Crippen molar-refractivity contribution < 1.29 is 22.7 Å². The molecule has 1 amide bonds. The molecule has 0 aliphatic carbocycles. The molecule has 6 nitrogen and oxygen atoms in total. The van der Waals surface area contributed by atoms with Crippen molar-refractivity contribution in [3.63, 3.8) is 0 Å². The molecule has 1 atom stereocenters. The molecule has 158 valence electrons. The summed E-state index contributed by atoms with van der Waals surface area (Å²) in [5, 5.41) is 0.858. The maximum absolute atomic E-state index is 14.6. The Morgan fingerprint density at radius 2 is 2.03 bits per heavy atom. The van der Waals surface area contributed by atoms with Gasteiger partial charge in [0.1, 0.15) is 11.5 Å². The average molecular weight is 426 g/mol. The number of nitrogens with zero attached hydrogens (tertiary/aromatic N) is 4. The van der Waals surface area contributed by atoms with Crippen molar-refractivity contribution in [3.8, 4) is 5.88 Å². The maximum atomic E-state index is 14.6. The normalized spacial score (nSPS) is 18.4. The second-order valence-corrected chi connectivity index (χ2v) is 7.44. The van der Waals surface area contributed by atoms with E-state index in [1.165, 1.54) is 34.0 Å². The van der Waals surface area contributed by atoms with Crippen LogP contribution < -0.4 is 4.74 Å². The Morgan fingerprint density at radius 1 is 1.19 bits per heavy atom. The molecule has 1 saturated heterocycles. The molecule has 5 rings (SSSR count). The van der Waals surface area contributed by atoms with Crippen LogP contribution in [0.1, 0.15) is 16.8 Å². The quantitative estimate of drug-likeness (QED) is 0.498. The van der Waals surface area contributed by atoms with Crippen LogP contribution in [0.25, 0.3) is 16.6 Å². The number of rotatable bonds is 3. The SMILES string of the molecule is O=C(c1cc(F)cn2ccnc12)N1CCC(F)(F)[C@@H](Oc2ccc3ccccc3n2)C1. The van der Waals surface area contributed by atoms with Gasteiger partial charge in [-0.3, -0.25) is 4.79 Å². The Bertz CT molecular complexity index is 1290. The number of hydrogen-bond donors (Lipinski definition) is 0. The molecule has 4 aromatic rings. The number of carbonyl (C=O) groups excluding carboxylic acids is 1. The van der Waals surface area contributed by atoms with Gasteiger partial charge in [0, 0.05) is 43.0 Å². The number of para-hydroxylation sites is 1. The van der Waals surface area contributed by atoms with E-state index in [1.807, 2.05) is 12.1 Å². The molecular formula is C22H17F3N4O2. The Morgan fingerprint density at radius 3 is 2.90 bits per heavy atom. The van der Waals surface area contributed by atoms with E-state index in [0.717, 1.165) is 11.5 Å². The first-order valence-corrected chi connectivity index (χ1v) is 9.72. The van der Waals surface area contributed by atoms with Crippen molar-refractivity contribution in [2.75, 3.05) is 13.1 Å². The molecular weight excluding hydrogens is 409 g/mol. The van der Waals surface area contributed by atoms with E-state index >= 15 is 0 Å². The lowest BCUT2D eigenvalue weighted by atomic mass is 10.0. The molecule has 31 heavy (non-hydrogen) atoms. The van der Waals surface area contributed by atoms with Crippen molar-refractivity contribution in [1.82, 2.24) is 19.3 Å². The summed E-state index contributed by atoms with van der Waals surface area (Å²) >= 11 is 0. The second-order valence-electron chi connectivity index (χ2n) is 7.44. The van der Waals surface area contributed by atoms with Crippen LogP contribution >= 0.6 is 0 Å². The number of carbonyl (C=O) groups is 1. The minimum absolute atomic E-state index is 0.0118. The summed E-state index contributed by atoms with van der Waals surface area (Å²) in [4.78, 5) is 22.6. The molecule has 1 aliphatic rings. The lowest BCUT2D eigenvalue weighted by Crippen LogP contribution is -2.55. The van der Waals surface area contributed by atoms with Crippen molar-refractivity contribution in [3.05, 3.63) is 72.4 Å². The third kappa shape index (κ3) is 3.56. The van der Waals surface area contributed by atoms with Crippen molar-refractivity contribution in [2.24, 2.45) is 0 Å². The minimum Gasteiger partial charge on any atom is -0.466 e. The highest BCUT2D eigenvalue weighted by atomic mass is 19.3. The molecule has 1 aromatic carbocycles. The summed E-state index contributed by atoms with van der Waals surface area (Å²) in [6, 6.07) is 11.6. The van der Waals surface area contributed by atoms with Crippen molar-refractivity contribution >= 4 is 22.5 Å². The highest BCUT2D eigenvalue weighted by Crippen LogP contribution is 2.32.